The maximum absolute atomic E-state index is 12.1. The minimum atomic E-state index is -0.357. The Morgan fingerprint density at radius 3 is 2.55 bits per heavy atom. The largest absolute Gasteiger partial charge is 0.346 e. The molecule has 0 saturated carbocycles. The minimum absolute atomic E-state index is 0.0647. The van der Waals surface area contributed by atoms with Crippen molar-refractivity contribution >= 4 is 5.91 Å². The molecule has 0 saturated heterocycles. The van der Waals surface area contributed by atoms with Crippen LogP contribution in [-0.2, 0) is 11.2 Å². The van der Waals surface area contributed by atoms with Crippen LogP contribution in [0, 0.1) is 12.8 Å². The lowest BCUT2D eigenvalue weighted by molar-refractivity contribution is -0.124. The van der Waals surface area contributed by atoms with Crippen LogP contribution in [0.4, 0.5) is 0 Å². The van der Waals surface area contributed by atoms with Gasteiger partial charge in [0.1, 0.15) is 5.82 Å². The molecular formula is C17H21N3O2. The molecule has 0 aliphatic carbocycles. The molecule has 1 aromatic heterocycles. The molecule has 0 aliphatic heterocycles. The van der Waals surface area contributed by atoms with Gasteiger partial charge < -0.3 is 10.3 Å². The Hall–Kier alpha value is -2.43. The topological polar surface area (TPSA) is 74.8 Å². The van der Waals surface area contributed by atoms with Gasteiger partial charge in [0.05, 0.1) is 6.04 Å². The van der Waals surface area contributed by atoms with Crippen molar-refractivity contribution in [2.75, 3.05) is 0 Å². The average Bonchev–Trinajstić information content (AvgIpc) is 2.46. The molecule has 5 nitrogen and oxygen atoms in total. The Labute approximate surface area is 129 Å². The Bertz CT molecular complexity index is 693. The molecule has 2 rings (SSSR count). The summed E-state index contributed by atoms with van der Waals surface area (Å²) in [6.45, 7) is 5.44. The van der Waals surface area contributed by atoms with Gasteiger partial charge in [0.2, 0.25) is 5.91 Å². The SMILES string of the molecule is Cc1cc(=O)[nH]c(C(Cc2ccccc2)NC(=O)C(C)C)n1. The van der Waals surface area contributed by atoms with Crippen molar-refractivity contribution < 1.29 is 4.79 Å². The molecule has 22 heavy (non-hydrogen) atoms. The second-order valence-electron chi connectivity index (χ2n) is 5.68. The normalized spacial score (nSPS) is 12.2. The maximum atomic E-state index is 12.1. The molecule has 0 fully saturated rings. The maximum Gasteiger partial charge on any atom is 0.251 e. The Morgan fingerprint density at radius 1 is 1.27 bits per heavy atom. The van der Waals surface area contributed by atoms with Crippen molar-refractivity contribution in [3.63, 3.8) is 0 Å². The van der Waals surface area contributed by atoms with Crippen LogP contribution < -0.4 is 10.9 Å². The summed E-state index contributed by atoms with van der Waals surface area (Å²) in [6.07, 6.45) is 0.575. The highest BCUT2D eigenvalue weighted by molar-refractivity contribution is 5.78. The fraction of sp³-hybridized carbons (Fsp3) is 0.353. The van der Waals surface area contributed by atoms with Crippen LogP contribution in [0.2, 0.25) is 0 Å². The average molecular weight is 299 g/mol. The molecule has 0 aliphatic rings. The second-order valence-corrected chi connectivity index (χ2v) is 5.68. The number of nitrogens with zero attached hydrogens (tertiary/aromatic N) is 1. The van der Waals surface area contributed by atoms with E-state index in [1.165, 1.54) is 6.07 Å². The highest BCUT2D eigenvalue weighted by Gasteiger charge is 2.19. The number of carbonyl (C=O) groups is 1. The van der Waals surface area contributed by atoms with Crippen LogP contribution in [0.15, 0.2) is 41.2 Å². The van der Waals surface area contributed by atoms with Gasteiger partial charge in [-0.2, -0.15) is 0 Å². The summed E-state index contributed by atoms with van der Waals surface area (Å²) in [7, 11) is 0. The number of aromatic nitrogens is 2. The first-order valence-electron chi connectivity index (χ1n) is 7.38. The van der Waals surface area contributed by atoms with Crippen molar-refractivity contribution in [1.29, 1.82) is 0 Å². The van der Waals surface area contributed by atoms with Gasteiger partial charge in [-0.15, -0.1) is 0 Å². The van der Waals surface area contributed by atoms with E-state index in [9.17, 15) is 9.59 Å². The van der Waals surface area contributed by atoms with Gasteiger partial charge in [-0.05, 0) is 18.9 Å². The number of hydrogen-bond donors (Lipinski definition) is 2. The summed E-state index contributed by atoms with van der Waals surface area (Å²) in [5, 5.41) is 2.96. The smallest absolute Gasteiger partial charge is 0.251 e. The summed E-state index contributed by atoms with van der Waals surface area (Å²) >= 11 is 0. The van der Waals surface area contributed by atoms with Crippen molar-refractivity contribution in [3.05, 3.63) is 63.8 Å². The Kier molecular flexibility index (Phi) is 5.09. The third-order valence-electron chi connectivity index (χ3n) is 3.34. The zero-order valence-corrected chi connectivity index (χ0v) is 13.1. The van der Waals surface area contributed by atoms with E-state index in [1.807, 2.05) is 44.2 Å². The summed E-state index contributed by atoms with van der Waals surface area (Å²) in [6, 6.07) is 10.9. The first kappa shape index (κ1) is 15.9. The molecule has 0 radical (unpaired) electrons. The van der Waals surface area contributed by atoms with E-state index in [0.29, 0.717) is 17.9 Å². The molecule has 1 unspecified atom stereocenters. The first-order chi connectivity index (χ1) is 10.5. The van der Waals surface area contributed by atoms with E-state index in [-0.39, 0.29) is 23.4 Å². The van der Waals surface area contributed by atoms with Gasteiger partial charge in [0, 0.05) is 17.7 Å². The predicted octanol–water partition coefficient (Wildman–Crippen LogP) is 2.13. The molecule has 1 atom stereocenters. The number of aromatic amines is 1. The van der Waals surface area contributed by atoms with E-state index < -0.39 is 0 Å². The zero-order chi connectivity index (χ0) is 16.1. The quantitative estimate of drug-likeness (QED) is 0.888. The molecule has 116 valence electrons. The van der Waals surface area contributed by atoms with Crippen LogP contribution in [0.5, 0.6) is 0 Å². The molecule has 5 heteroatoms. The molecule has 1 aromatic carbocycles. The van der Waals surface area contributed by atoms with E-state index >= 15 is 0 Å². The number of amides is 1. The van der Waals surface area contributed by atoms with Gasteiger partial charge in [-0.3, -0.25) is 9.59 Å². The molecule has 2 aromatic rings. The molecule has 0 spiro atoms. The minimum Gasteiger partial charge on any atom is -0.346 e. The van der Waals surface area contributed by atoms with Gasteiger partial charge in [0.15, 0.2) is 0 Å². The highest BCUT2D eigenvalue weighted by atomic mass is 16.2. The number of H-pyrrole nitrogens is 1. The van der Waals surface area contributed by atoms with Crippen LogP contribution in [0.25, 0.3) is 0 Å². The number of benzene rings is 1. The van der Waals surface area contributed by atoms with Gasteiger partial charge in [-0.25, -0.2) is 4.98 Å². The molecular weight excluding hydrogens is 278 g/mol. The third kappa shape index (κ3) is 4.28. The van der Waals surface area contributed by atoms with E-state index in [4.69, 9.17) is 0 Å². The van der Waals surface area contributed by atoms with Crippen LogP contribution >= 0.6 is 0 Å². The lowest BCUT2D eigenvalue weighted by Crippen LogP contribution is -2.35. The Balaban J connectivity index is 2.32. The number of carbonyl (C=O) groups excluding carboxylic acids is 1. The van der Waals surface area contributed by atoms with Crippen molar-refractivity contribution in [2.45, 2.75) is 33.2 Å². The summed E-state index contributed by atoms with van der Waals surface area (Å²) in [5.41, 5.74) is 1.50. The molecule has 1 amide bonds. The lowest BCUT2D eigenvalue weighted by atomic mass is 10.0. The zero-order valence-electron chi connectivity index (χ0n) is 13.1. The molecule has 2 N–H and O–H groups in total. The van der Waals surface area contributed by atoms with Gasteiger partial charge in [-0.1, -0.05) is 44.2 Å². The van der Waals surface area contributed by atoms with Crippen LogP contribution in [0.1, 0.15) is 37.0 Å². The van der Waals surface area contributed by atoms with E-state index in [1.54, 1.807) is 6.92 Å². The van der Waals surface area contributed by atoms with E-state index in [0.717, 1.165) is 5.56 Å². The van der Waals surface area contributed by atoms with Crippen molar-refractivity contribution in [3.8, 4) is 0 Å². The summed E-state index contributed by atoms with van der Waals surface area (Å²) < 4.78 is 0. The second kappa shape index (κ2) is 7.02. The lowest BCUT2D eigenvalue weighted by Gasteiger charge is -2.19. The summed E-state index contributed by atoms with van der Waals surface area (Å²) in [4.78, 5) is 30.8. The first-order valence-corrected chi connectivity index (χ1v) is 7.38. The molecule has 1 heterocycles. The van der Waals surface area contributed by atoms with Crippen molar-refractivity contribution in [2.24, 2.45) is 5.92 Å². The monoisotopic (exact) mass is 299 g/mol. The van der Waals surface area contributed by atoms with Crippen molar-refractivity contribution in [1.82, 2.24) is 15.3 Å². The van der Waals surface area contributed by atoms with E-state index in [2.05, 4.69) is 15.3 Å². The van der Waals surface area contributed by atoms with Crippen LogP contribution in [-0.4, -0.2) is 15.9 Å². The van der Waals surface area contributed by atoms with Gasteiger partial charge >= 0.3 is 0 Å². The number of nitrogens with one attached hydrogen (secondary N) is 2. The predicted molar refractivity (Wildman–Crippen MR) is 85.5 cm³/mol. The highest BCUT2D eigenvalue weighted by Crippen LogP contribution is 2.15. The third-order valence-corrected chi connectivity index (χ3v) is 3.34. The fourth-order valence-electron chi connectivity index (χ4n) is 2.17. The van der Waals surface area contributed by atoms with Gasteiger partial charge in [0.25, 0.3) is 5.56 Å². The standard InChI is InChI=1S/C17H21N3O2/c1-11(2)17(22)19-14(10-13-7-5-4-6-8-13)16-18-12(3)9-15(21)20-16/h4-9,11,14H,10H2,1-3H3,(H,19,22)(H,18,20,21). The van der Waals surface area contributed by atoms with Crippen LogP contribution in [0.3, 0.4) is 0 Å². The fourth-order valence-corrected chi connectivity index (χ4v) is 2.17. The number of hydrogen-bond acceptors (Lipinski definition) is 3. The number of aryl methyl sites for hydroxylation is 1. The Morgan fingerprint density at radius 2 is 1.95 bits per heavy atom. The molecule has 0 bridgehead atoms. The summed E-state index contributed by atoms with van der Waals surface area (Å²) in [5.74, 6) is 0.294. The number of rotatable bonds is 5.